The van der Waals surface area contributed by atoms with E-state index in [4.69, 9.17) is 9.94 Å². The van der Waals surface area contributed by atoms with E-state index in [1.54, 1.807) is 7.11 Å². The molecule has 2 fully saturated rings. The molecule has 14 heavy (non-hydrogen) atoms. The van der Waals surface area contributed by atoms with Gasteiger partial charge in [-0.05, 0) is 19.3 Å². The van der Waals surface area contributed by atoms with E-state index in [0.717, 1.165) is 31.6 Å². The molecule has 2 unspecified atom stereocenters. The smallest absolute Gasteiger partial charge is 0.0604 e. The number of oxime groups is 1. The first-order chi connectivity index (χ1) is 6.78. The van der Waals surface area contributed by atoms with Gasteiger partial charge in [-0.2, -0.15) is 0 Å². The Hall–Kier alpha value is -0.610. The molecule has 0 amide bonds. The van der Waals surface area contributed by atoms with Gasteiger partial charge in [0.1, 0.15) is 0 Å². The van der Waals surface area contributed by atoms with Crippen molar-refractivity contribution in [3.63, 3.8) is 0 Å². The van der Waals surface area contributed by atoms with Gasteiger partial charge in [0, 0.05) is 38.1 Å². The van der Waals surface area contributed by atoms with Crippen LogP contribution in [-0.2, 0) is 4.74 Å². The Bertz CT molecular complexity index is 242. The molecular weight excluding hydrogens is 180 g/mol. The highest BCUT2D eigenvalue weighted by Crippen LogP contribution is 2.36. The number of nitrogens with zero attached hydrogens (tertiary/aromatic N) is 1. The van der Waals surface area contributed by atoms with Crippen LogP contribution in [-0.4, -0.2) is 36.2 Å². The number of nitrogens with one attached hydrogen (secondary N) is 1. The van der Waals surface area contributed by atoms with E-state index in [-0.39, 0.29) is 5.54 Å². The van der Waals surface area contributed by atoms with Crippen LogP contribution in [0.15, 0.2) is 5.16 Å². The Balaban J connectivity index is 2.03. The number of fused-ring (bicyclic) bond motifs is 2. The lowest BCUT2D eigenvalue weighted by atomic mass is 9.86. The maximum atomic E-state index is 8.82. The second-order valence-electron chi connectivity index (χ2n) is 4.45. The number of piperidine rings is 1. The SMILES string of the molecule is COCCC12CCC(C/C(=N\O)C1)N2. The molecule has 2 atom stereocenters. The average Bonchev–Trinajstić information content (AvgIpc) is 2.52. The van der Waals surface area contributed by atoms with Crippen LogP contribution in [0.25, 0.3) is 0 Å². The van der Waals surface area contributed by atoms with Gasteiger partial charge in [0.2, 0.25) is 0 Å². The third-order valence-corrected chi connectivity index (χ3v) is 3.43. The predicted octanol–water partition coefficient (Wildman–Crippen LogP) is 1.14. The van der Waals surface area contributed by atoms with Crippen molar-refractivity contribution in [1.29, 1.82) is 0 Å². The second-order valence-corrected chi connectivity index (χ2v) is 4.45. The molecule has 2 saturated heterocycles. The number of rotatable bonds is 3. The lowest BCUT2D eigenvalue weighted by molar-refractivity contribution is 0.157. The zero-order chi connectivity index (χ0) is 10.0. The number of hydrogen-bond donors (Lipinski definition) is 2. The topological polar surface area (TPSA) is 53.9 Å². The summed E-state index contributed by atoms with van der Waals surface area (Å²) in [6.07, 6.45) is 5.18. The Morgan fingerprint density at radius 3 is 3.29 bits per heavy atom. The molecule has 4 nitrogen and oxygen atoms in total. The zero-order valence-corrected chi connectivity index (χ0v) is 8.62. The largest absolute Gasteiger partial charge is 0.411 e. The highest BCUT2D eigenvalue weighted by atomic mass is 16.5. The maximum absolute atomic E-state index is 8.82. The zero-order valence-electron chi connectivity index (χ0n) is 8.62. The van der Waals surface area contributed by atoms with Crippen molar-refractivity contribution in [2.75, 3.05) is 13.7 Å². The molecule has 2 aliphatic rings. The van der Waals surface area contributed by atoms with Gasteiger partial charge in [-0.15, -0.1) is 0 Å². The molecule has 0 aliphatic carbocycles. The Labute approximate surface area is 84.3 Å². The van der Waals surface area contributed by atoms with Gasteiger partial charge in [-0.1, -0.05) is 5.16 Å². The van der Waals surface area contributed by atoms with Crippen molar-refractivity contribution in [1.82, 2.24) is 5.32 Å². The maximum Gasteiger partial charge on any atom is 0.0604 e. The van der Waals surface area contributed by atoms with E-state index < -0.39 is 0 Å². The summed E-state index contributed by atoms with van der Waals surface area (Å²) < 4.78 is 5.12. The highest BCUT2D eigenvalue weighted by molar-refractivity contribution is 5.86. The summed E-state index contributed by atoms with van der Waals surface area (Å²) in [4.78, 5) is 0. The van der Waals surface area contributed by atoms with Crippen molar-refractivity contribution in [3.8, 4) is 0 Å². The molecule has 2 aliphatic heterocycles. The number of hydrogen-bond acceptors (Lipinski definition) is 4. The van der Waals surface area contributed by atoms with E-state index in [1.165, 1.54) is 12.8 Å². The first-order valence-corrected chi connectivity index (χ1v) is 5.24. The van der Waals surface area contributed by atoms with Crippen LogP contribution in [0.2, 0.25) is 0 Å². The minimum atomic E-state index is 0.153. The van der Waals surface area contributed by atoms with Crippen LogP contribution in [0, 0.1) is 0 Å². The van der Waals surface area contributed by atoms with Crippen molar-refractivity contribution in [2.24, 2.45) is 5.16 Å². The van der Waals surface area contributed by atoms with Crippen molar-refractivity contribution < 1.29 is 9.94 Å². The number of ether oxygens (including phenoxy) is 1. The standard InChI is InChI=1S/C10H18N2O2/c1-14-5-4-10-3-2-8(11-10)6-9(7-10)12-13/h8,11,13H,2-7H2,1H3/b12-9+. The van der Waals surface area contributed by atoms with Gasteiger partial charge in [0.05, 0.1) is 5.71 Å². The summed E-state index contributed by atoms with van der Waals surface area (Å²) in [5, 5.41) is 15.8. The molecular formula is C10H18N2O2. The van der Waals surface area contributed by atoms with Crippen LogP contribution in [0.5, 0.6) is 0 Å². The van der Waals surface area contributed by atoms with Crippen molar-refractivity contribution in [3.05, 3.63) is 0 Å². The lowest BCUT2D eigenvalue weighted by Crippen LogP contribution is -2.50. The third-order valence-electron chi connectivity index (χ3n) is 3.43. The summed E-state index contributed by atoms with van der Waals surface area (Å²) in [6.45, 7) is 0.776. The molecule has 80 valence electrons. The molecule has 0 aromatic heterocycles. The van der Waals surface area contributed by atoms with Gasteiger partial charge >= 0.3 is 0 Å². The van der Waals surface area contributed by atoms with Crippen molar-refractivity contribution in [2.45, 2.75) is 43.7 Å². The predicted molar refractivity (Wildman–Crippen MR) is 53.8 cm³/mol. The van der Waals surface area contributed by atoms with Gasteiger partial charge in [0.15, 0.2) is 0 Å². The van der Waals surface area contributed by atoms with Crippen LogP contribution >= 0.6 is 0 Å². The molecule has 2 N–H and O–H groups in total. The monoisotopic (exact) mass is 198 g/mol. The van der Waals surface area contributed by atoms with E-state index in [1.807, 2.05) is 0 Å². The van der Waals surface area contributed by atoms with Crippen LogP contribution < -0.4 is 5.32 Å². The normalized spacial score (nSPS) is 39.2. The summed E-state index contributed by atoms with van der Waals surface area (Å²) in [5.41, 5.74) is 1.10. The fourth-order valence-electron chi connectivity index (χ4n) is 2.73. The first kappa shape index (κ1) is 9.93. The van der Waals surface area contributed by atoms with Crippen LogP contribution in [0.4, 0.5) is 0 Å². The summed E-state index contributed by atoms with van der Waals surface area (Å²) in [5.74, 6) is 0. The molecule has 2 heterocycles. The fourth-order valence-corrected chi connectivity index (χ4v) is 2.73. The van der Waals surface area contributed by atoms with E-state index >= 15 is 0 Å². The summed E-state index contributed by atoms with van der Waals surface area (Å²) in [6, 6.07) is 0.520. The van der Waals surface area contributed by atoms with Gasteiger partial charge in [-0.25, -0.2) is 0 Å². The molecule has 0 radical (unpaired) electrons. The third kappa shape index (κ3) is 1.77. The Morgan fingerprint density at radius 2 is 2.57 bits per heavy atom. The highest BCUT2D eigenvalue weighted by Gasteiger charge is 2.43. The Kier molecular flexibility index (Phi) is 2.74. The minimum absolute atomic E-state index is 0.153. The molecule has 0 spiro atoms. The fraction of sp³-hybridized carbons (Fsp3) is 0.900. The van der Waals surface area contributed by atoms with Crippen LogP contribution in [0.1, 0.15) is 32.1 Å². The Morgan fingerprint density at radius 1 is 1.71 bits per heavy atom. The van der Waals surface area contributed by atoms with Crippen molar-refractivity contribution >= 4 is 5.71 Å². The molecule has 0 aromatic rings. The van der Waals surface area contributed by atoms with Gasteiger partial charge in [-0.3, -0.25) is 0 Å². The molecule has 2 bridgehead atoms. The molecule has 2 rings (SSSR count). The van der Waals surface area contributed by atoms with E-state index in [2.05, 4.69) is 10.5 Å². The second kappa shape index (κ2) is 3.87. The first-order valence-electron chi connectivity index (χ1n) is 5.24. The van der Waals surface area contributed by atoms with E-state index in [0.29, 0.717) is 6.04 Å². The number of methoxy groups -OCH3 is 1. The summed E-state index contributed by atoms with van der Waals surface area (Å²) >= 11 is 0. The summed E-state index contributed by atoms with van der Waals surface area (Å²) in [7, 11) is 1.73. The quantitative estimate of drug-likeness (QED) is 0.528. The molecule has 0 aromatic carbocycles. The van der Waals surface area contributed by atoms with Gasteiger partial charge < -0.3 is 15.3 Å². The molecule has 0 saturated carbocycles. The minimum Gasteiger partial charge on any atom is -0.411 e. The average molecular weight is 198 g/mol. The molecule has 4 heteroatoms. The lowest BCUT2D eigenvalue weighted by Gasteiger charge is -2.34. The van der Waals surface area contributed by atoms with E-state index in [9.17, 15) is 0 Å². The van der Waals surface area contributed by atoms with Crippen LogP contribution in [0.3, 0.4) is 0 Å². The van der Waals surface area contributed by atoms with Gasteiger partial charge in [0.25, 0.3) is 0 Å².